The van der Waals surface area contributed by atoms with E-state index in [9.17, 15) is 9.59 Å². The highest BCUT2D eigenvalue weighted by Crippen LogP contribution is 2.29. The Bertz CT molecular complexity index is 657. The molecule has 1 aliphatic heterocycles. The van der Waals surface area contributed by atoms with Crippen LogP contribution >= 0.6 is 0 Å². The van der Waals surface area contributed by atoms with Crippen LogP contribution < -0.4 is 15.2 Å². The van der Waals surface area contributed by atoms with Crippen molar-refractivity contribution < 1.29 is 19.1 Å². The number of ether oxygens (including phenoxy) is 2. The summed E-state index contributed by atoms with van der Waals surface area (Å²) in [7, 11) is 1.56. The quantitative estimate of drug-likeness (QED) is 0.856. The third-order valence-electron chi connectivity index (χ3n) is 4.50. The third-order valence-corrected chi connectivity index (χ3v) is 4.50. The molecule has 0 aromatic heterocycles. The van der Waals surface area contributed by atoms with Gasteiger partial charge >= 0.3 is 0 Å². The summed E-state index contributed by atoms with van der Waals surface area (Å²) < 4.78 is 11.0. The Balaban J connectivity index is 2.02. The van der Waals surface area contributed by atoms with E-state index < -0.39 is 0 Å². The first-order valence-electron chi connectivity index (χ1n) is 8.48. The zero-order valence-electron chi connectivity index (χ0n) is 15.0. The number of nitrogens with two attached hydrogens (primary N) is 1. The van der Waals surface area contributed by atoms with Gasteiger partial charge in [0.15, 0.2) is 18.1 Å². The molecule has 0 spiro atoms. The van der Waals surface area contributed by atoms with E-state index in [1.165, 1.54) is 0 Å². The Labute approximate surface area is 148 Å². The van der Waals surface area contributed by atoms with Gasteiger partial charge in [-0.3, -0.25) is 9.59 Å². The Morgan fingerprint density at radius 2 is 2.08 bits per heavy atom. The summed E-state index contributed by atoms with van der Waals surface area (Å²) in [5.41, 5.74) is 6.38. The summed E-state index contributed by atoms with van der Waals surface area (Å²) >= 11 is 0. The second-order valence-electron chi connectivity index (χ2n) is 6.27. The molecule has 136 valence electrons. The number of nitrogens with zero attached hydrogens (tertiary/aromatic N) is 1. The summed E-state index contributed by atoms with van der Waals surface area (Å²) in [5, 5.41) is 0. The SMILES string of the molecule is C/C=C/c1ccc(OCC(=O)N2C[C@H](C(N)=O)CC[C@H]2C)c(OC)c1. The van der Waals surface area contributed by atoms with Gasteiger partial charge in [-0.15, -0.1) is 0 Å². The molecule has 2 N–H and O–H groups in total. The van der Waals surface area contributed by atoms with E-state index >= 15 is 0 Å². The highest BCUT2D eigenvalue weighted by atomic mass is 16.5. The molecule has 0 saturated carbocycles. The van der Waals surface area contributed by atoms with Crippen molar-refractivity contribution >= 4 is 17.9 Å². The van der Waals surface area contributed by atoms with Gasteiger partial charge in [-0.25, -0.2) is 0 Å². The van der Waals surface area contributed by atoms with Crippen molar-refractivity contribution in [1.29, 1.82) is 0 Å². The Hall–Kier alpha value is -2.50. The van der Waals surface area contributed by atoms with Crippen molar-refractivity contribution in [3.05, 3.63) is 29.8 Å². The summed E-state index contributed by atoms with van der Waals surface area (Å²) in [6.45, 7) is 4.17. The lowest BCUT2D eigenvalue weighted by Crippen LogP contribution is -2.50. The van der Waals surface area contributed by atoms with Crippen LogP contribution in [0.5, 0.6) is 11.5 Å². The zero-order chi connectivity index (χ0) is 18.4. The molecule has 1 aromatic rings. The number of rotatable bonds is 6. The summed E-state index contributed by atoms with van der Waals surface area (Å²) in [6, 6.07) is 5.61. The van der Waals surface area contributed by atoms with Crippen LogP contribution in [0, 0.1) is 5.92 Å². The number of benzene rings is 1. The molecular formula is C19H26N2O4. The maximum atomic E-state index is 12.5. The fourth-order valence-corrected chi connectivity index (χ4v) is 3.01. The second-order valence-corrected chi connectivity index (χ2v) is 6.27. The normalized spacial score (nSPS) is 20.5. The molecule has 1 aromatic carbocycles. The maximum absolute atomic E-state index is 12.5. The number of methoxy groups -OCH3 is 1. The molecule has 6 nitrogen and oxygen atoms in total. The lowest BCUT2D eigenvalue weighted by molar-refractivity contribution is -0.139. The van der Waals surface area contributed by atoms with Crippen molar-refractivity contribution in [1.82, 2.24) is 4.90 Å². The minimum atomic E-state index is -0.355. The number of piperidine rings is 1. The molecule has 0 unspecified atom stereocenters. The van der Waals surface area contributed by atoms with Gasteiger partial charge in [0, 0.05) is 12.6 Å². The van der Waals surface area contributed by atoms with Gasteiger partial charge in [0.05, 0.1) is 13.0 Å². The Morgan fingerprint density at radius 3 is 2.72 bits per heavy atom. The number of likely N-dealkylation sites (tertiary alicyclic amines) is 1. The van der Waals surface area contributed by atoms with Gasteiger partial charge in [-0.05, 0) is 44.4 Å². The topological polar surface area (TPSA) is 81.9 Å². The van der Waals surface area contributed by atoms with Gasteiger partial charge in [0.1, 0.15) is 0 Å². The van der Waals surface area contributed by atoms with Crippen LogP contribution in [0.4, 0.5) is 0 Å². The van der Waals surface area contributed by atoms with E-state index in [-0.39, 0.29) is 30.4 Å². The van der Waals surface area contributed by atoms with Crippen molar-refractivity contribution in [3.63, 3.8) is 0 Å². The van der Waals surface area contributed by atoms with Crippen molar-refractivity contribution in [2.45, 2.75) is 32.7 Å². The molecule has 2 amide bonds. The molecule has 0 bridgehead atoms. The molecule has 2 atom stereocenters. The van der Waals surface area contributed by atoms with E-state index in [4.69, 9.17) is 15.2 Å². The molecular weight excluding hydrogens is 320 g/mol. The molecule has 1 saturated heterocycles. The van der Waals surface area contributed by atoms with Gasteiger partial charge in [-0.1, -0.05) is 18.2 Å². The number of allylic oxidation sites excluding steroid dienone is 1. The molecule has 1 fully saturated rings. The third kappa shape index (κ3) is 4.75. The number of hydrogen-bond acceptors (Lipinski definition) is 4. The molecule has 1 aliphatic rings. The Kier molecular flexibility index (Phi) is 6.44. The van der Waals surface area contributed by atoms with Crippen molar-refractivity contribution in [3.8, 4) is 11.5 Å². The standard InChI is InChI=1S/C19H26N2O4/c1-4-5-14-7-9-16(17(10-14)24-3)25-12-18(22)21-11-15(19(20)23)8-6-13(21)2/h4-5,7,9-10,13,15H,6,8,11-12H2,1-3H3,(H2,20,23)/b5-4+/t13-,15-/m1/s1. The molecule has 25 heavy (non-hydrogen) atoms. The predicted molar refractivity (Wildman–Crippen MR) is 96.3 cm³/mol. The van der Waals surface area contributed by atoms with Crippen LogP contribution in [0.25, 0.3) is 6.08 Å². The van der Waals surface area contributed by atoms with Crippen LogP contribution in [0.1, 0.15) is 32.3 Å². The van der Waals surface area contributed by atoms with Crippen LogP contribution in [0.3, 0.4) is 0 Å². The Morgan fingerprint density at radius 1 is 1.32 bits per heavy atom. The van der Waals surface area contributed by atoms with E-state index in [1.54, 1.807) is 18.1 Å². The number of primary amides is 1. The fourth-order valence-electron chi connectivity index (χ4n) is 3.01. The largest absolute Gasteiger partial charge is 0.493 e. The summed E-state index contributed by atoms with van der Waals surface area (Å²) in [5.74, 6) is 0.296. The van der Waals surface area contributed by atoms with Crippen molar-refractivity contribution in [2.75, 3.05) is 20.3 Å². The monoisotopic (exact) mass is 346 g/mol. The maximum Gasteiger partial charge on any atom is 0.260 e. The number of carbonyl (C=O) groups excluding carboxylic acids is 2. The van der Waals surface area contributed by atoms with Crippen molar-refractivity contribution in [2.24, 2.45) is 11.7 Å². The summed E-state index contributed by atoms with van der Waals surface area (Å²) in [4.78, 5) is 25.6. The molecule has 0 aliphatic carbocycles. The van der Waals surface area contributed by atoms with Gasteiger partial charge < -0.3 is 20.1 Å². The molecule has 2 rings (SSSR count). The first-order valence-corrected chi connectivity index (χ1v) is 8.48. The zero-order valence-corrected chi connectivity index (χ0v) is 15.0. The number of carbonyl (C=O) groups is 2. The number of hydrogen-bond donors (Lipinski definition) is 1. The second kappa shape index (κ2) is 8.55. The first kappa shape index (κ1) is 18.8. The number of amides is 2. The van der Waals surface area contributed by atoms with E-state index in [2.05, 4.69) is 0 Å². The lowest BCUT2D eigenvalue weighted by Gasteiger charge is -2.36. The van der Waals surface area contributed by atoms with Crippen LogP contribution in [0.15, 0.2) is 24.3 Å². The highest BCUT2D eigenvalue weighted by molar-refractivity contribution is 5.81. The fraction of sp³-hybridized carbons (Fsp3) is 0.474. The van der Waals surface area contributed by atoms with Gasteiger partial charge in [0.2, 0.25) is 5.91 Å². The smallest absolute Gasteiger partial charge is 0.260 e. The predicted octanol–water partition coefficient (Wildman–Crippen LogP) is 2.22. The minimum Gasteiger partial charge on any atom is -0.493 e. The highest BCUT2D eigenvalue weighted by Gasteiger charge is 2.31. The molecule has 6 heteroatoms. The van der Waals surface area contributed by atoms with Crippen LogP contribution in [0.2, 0.25) is 0 Å². The average molecular weight is 346 g/mol. The van der Waals surface area contributed by atoms with Crippen LogP contribution in [-0.2, 0) is 9.59 Å². The van der Waals surface area contributed by atoms with E-state index in [0.29, 0.717) is 18.0 Å². The van der Waals surface area contributed by atoms with E-state index in [1.807, 2.05) is 38.1 Å². The first-order chi connectivity index (χ1) is 12.0. The summed E-state index contributed by atoms with van der Waals surface area (Å²) in [6.07, 6.45) is 5.38. The average Bonchev–Trinajstić information content (AvgIpc) is 2.60. The van der Waals surface area contributed by atoms with E-state index in [0.717, 1.165) is 18.4 Å². The van der Waals surface area contributed by atoms with Gasteiger partial charge in [-0.2, -0.15) is 0 Å². The van der Waals surface area contributed by atoms with Gasteiger partial charge in [0.25, 0.3) is 5.91 Å². The molecule has 0 radical (unpaired) electrons. The minimum absolute atomic E-state index is 0.0747. The van der Waals surface area contributed by atoms with Crippen LogP contribution in [-0.4, -0.2) is 43.0 Å². The lowest BCUT2D eigenvalue weighted by atomic mass is 9.93. The molecule has 1 heterocycles.